The molecule has 0 radical (unpaired) electrons. The van der Waals surface area contributed by atoms with Crippen LogP contribution in [0, 0.1) is 18.8 Å². The molecule has 7 heteroatoms. The van der Waals surface area contributed by atoms with Crippen molar-refractivity contribution in [3.05, 3.63) is 12.0 Å². The summed E-state index contributed by atoms with van der Waals surface area (Å²) in [6.07, 6.45) is 2.97. The van der Waals surface area contributed by atoms with Crippen molar-refractivity contribution in [1.29, 1.82) is 0 Å². The Bertz CT molecular complexity index is 610. The van der Waals surface area contributed by atoms with Gasteiger partial charge in [-0.3, -0.25) is 0 Å². The molecule has 1 aromatic rings. The van der Waals surface area contributed by atoms with Crippen LogP contribution in [0.2, 0.25) is 0 Å². The molecule has 1 N–H and O–H groups in total. The lowest BCUT2D eigenvalue weighted by Gasteiger charge is -2.16. The van der Waals surface area contributed by atoms with E-state index < -0.39 is 10.0 Å². The molecule has 1 saturated carbocycles. The van der Waals surface area contributed by atoms with Crippen molar-refractivity contribution in [1.82, 2.24) is 13.9 Å². The zero-order chi connectivity index (χ0) is 14.5. The summed E-state index contributed by atoms with van der Waals surface area (Å²) in [5, 5.41) is 10.0. The normalized spacial score (nSPS) is 30.9. The van der Waals surface area contributed by atoms with Gasteiger partial charge in [0.25, 0.3) is 10.0 Å². The monoisotopic (exact) mass is 299 g/mol. The van der Waals surface area contributed by atoms with Crippen LogP contribution in [-0.4, -0.2) is 46.6 Å². The second kappa shape index (κ2) is 4.82. The van der Waals surface area contributed by atoms with Crippen LogP contribution in [0.1, 0.15) is 25.6 Å². The third-order valence-electron chi connectivity index (χ3n) is 4.68. The van der Waals surface area contributed by atoms with Gasteiger partial charge in [0.15, 0.2) is 5.03 Å². The highest BCUT2D eigenvalue weighted by molar-refractivity contribution is 7.89. The van der Waals surface area contributed by atoms with Crippen LogP contribution in [-0.2, 0) is 16.6 Å². The molecule has 2 aliphatic rings. The van der Waals surface area contributed by atoms with Crippen molar-refractivity contribution in [2.75, 3.05) is 13.1 Å². The summed E-state index contributed by atoms with van der Waals surface area (Å²) in [6.45, 7) is 5.42. The zero-order valence-electron chi connectivity index (χ0n) is 11.9. The predicted octanol–water partition coefficient (Wildman–Crippen LogP) is 0.603. The summed E-state index contributed by atoms with van der Waals surface area (Å²) in [4.78, 5) is 4.18. The molecule has 0 spiro atoms. The van der Waals surface area contributed by atoms with E-state index in [1.54, 1.807) is 6.20 Å². The summed E-state index contributed by atoms with van der Waals surface area (Å²) in [5.41, 5.74) is 0. The van der Waals surface area contributed by atoms with Crippen LogP contribution in [0.4, 0.5) is 0 Å². The summed E-state index contributed by atoms with van der Waals surface area (Å²) < 4.78 is 28.6. The fourth-order valence-electron chi connectivity index (χ4n) is 3.45. The van der Waals surface area contributed by atoms with E-state index in [9.17, 15) is 13.5 Å². The molecule has 6 nitrogen and oxygen atoms in total. The second-order valence-corrected chi connectivity index (χ2v) is 7.69. The van der Waals surface area contributed by atoms with E-state index in [0.717, 1.165) is 12.8 Å². The van der Waals surface area contributed by atoms with Crippen molar-refractivity contribution in [3.63, 3.8) is 0 Å². The number of imidazole rings is 1. The summed E-state index contributed by atoms with van der Waals surface area (Å²) in [6, 6.07) is 0. The van der Waals surface area contributed by atoms with E-state index in [4.69, 9.17) is 0 Å². The molecule has 3 rings (SSSR count). The van der Waals surface area contributed by atoms with Gasteiger partial charge in [-0.25, -0.2) is 13.4 Å². The van der Waals surface area contributed by atoms with E-state index in [1.165, 1.54) is 4.31 Å². The lowest BCUT2D eigenvalue weighted by molar-refractivity contribution is 0.129. The van der Waals surface area contributed by atoms with Crippen LogP contribution in [0.25, 0.3) is 0 Å². The lowest BCUT2D eigenvalue weighted by Crippen LogP contribution is -2.31. The number of aliphatic hydroxyl groups is 1. The van der Waals surface area contributed by atoms with Crippen LogP contribution >= 0.6 is 0 Å². The molecule has 112 valence electrons. The Labute approximate surface area is 119 Å². The Kier molecular flexibility index (Phi) is 3.38. The highest BCUT2D eigenvalue weighted by Crippen LogP contribution is 2.39. The Balaban J connectivity index is 1.86. The molecule has 2 fully saturated rings. The Hall–Kier alpha value is -0.920. The minimum atomic E-state index is -3.53. The zero-order valence-corrected chi connectivity index (χ0v) is 12.7. The number of nitrogens with zero attached hydrogens (tertiary/aromatic N) is 3. The molecule has 0 amide bonds. The van der Waals surface area contributed by atoms with E-state index >= 15 is 0 Å². The van der Waals surface area contributed by atoms with Crippen LogP contribution in [0.15, 0.2) is 11.2 Å². The maximum atomic E-state index is 12.6. The molecular formula is C13H21N3O3S. The largest absolute Gasteiger partial charge is 0.393 e. The Morgan fingerprint density at radius 1 is 1.40 bits per heavy atom. The average Bonchev–Trinajstić information content (AvgIpc) is 3.06. The summed E-state index contributed by atoms with van der Waals surface area (Å²) >= 11 is 0. The fraction of sp³-hybridized carbons (Fsp3) is 0.769. The summed E-state index contributed by atoms with van der Waals surface area (Å²) in [5.74, 6) is 1.11. The van der Waals surface area contributed by atoms with Crippen LogP contribution in [0.5, 0.6) is 0 Å². The first-order valence-corrected chi connectivity index (χ1v) is 8.59. The molecule has 1 aromatic heterocycles. The molecule has 0 aromatic carbocycles. The SMILES string of the molecule is CCn1cc(S(=O)(=O)N2CC3CCC(O)C3C2)nc1C. The molecule has 2 heterocycles. The quantitative estimate of drug-likeness (QED) is 0.887. The number of hydrogen-bond acceptors (Lipinski definition) is 4. The third-order valence-corrected chi connectivity index (χ3v) is 6.39. The highest BCUT2D eigenvalue weighted by atomic mass is 32.2. The van der Waals surface area contributed by atoms with E-state index in [2.05, 4.69) is 4.98 Å². The number of aromatic nitrogens is 2. The first-order chi connectivity index (χ1) is 9.43. The van der Waals surface area contributed by atoms with Gasteiger partial charge in [0, 0.05) is 31.7 Å². The smallest absolute Gasteiger partial charge is 0.262 e. The van der Waals surface area contributed by atoms with Gasteiger partial charge in [-0.2, -0.15) is 4.31 Å². The van der Waals surface area contributed by atoms with Gasteiger partial charge < -0.3 is 9.67 Å². The number of aliphatic hydroxyl groups excluding tert-OH is 1. The number of sulfonamides is 1. The molecule has 1 aliphatic carbocycles. The van der Waals surface area contributed by atoms with Gasteiger partial charge >= 0.3 is 0 Å². The van der Waals surface area contributed by atoms with Gasteiger partial charge in [-0.05, 0) is 32.6 Å². The Morgan fingerprint density at radius 2 is 2.15 bits per heavy atom. The Morgan fingerprint density at radius 3 is 2.75 bits per heavy atom. The van der Waals surface area contributed by atoms with E-state index in [-0.39, 0.29) is 17.0 Å². The number of rotatable bonds is 3. The number of aryl methyl sites for hydroxylation is 2. The third kappa shape index (κ3) is 2.08. The van der Waals surface area contributed by atoms with Gasteiger partial charge in [0.05, 0.1) is 6.10 Å². The standard InChI is InChI=1S/C13H21N3O3S/c1-3-15-8-13(14-9(15)2)20(18,19)16-6-10-4-5-12(17)11(10)7-16/h8,10-12,17H,3-7H2,1-2H3. The van der Waals surface area contributed by atoms with Crippen LogP contribution < -0.4 is 0 Å². The summed E-state index contributed by atoms with van der Waals surface area (Å²) in [7, 11) is -3.53. The van der Waals surface area contributed by atoms with E-state index in [0.29, 0.717) is 31.4 Å². The molecule has 20 heavy (non-hydrogen) atoms. The molecule has 3 unspecified atom stereocenters. The van der Waals surface area contributed by atoms with Crippen molar-refractivity contribution in [2.45, 2.75) is 44.4 Å². The lowest BCUT2D eigenvalue weighted by atomic mass is 10.00. The van der Waals surface area contributed by atoms with Crippen molar-refractivity contribution in [3.8, 4) is 0 Å². The minimum Gasteiger partial charge on any atom is -0.393 e. The molecular weight excluding hydrogens is 278 g/mol. The molecule has 0 bridgehead atoms. The van der Waals surface area contributed by atoms with Gasteiger partial charge in [0.1, 0.15) is 5.82 Å². The first kappa shape index (κ1) is 14.0. The van der Waals surface area contributed by atoms with Gasteiger partial charge in [-0.1, -0.05) is 0 Å². The molecule has 3 atom stereocenters. The van der Waals surface area contributed by atoms with Crippen molar-refractivity contribution < 1.29 is 13.5 Å². The first-order valence-electron chi connectivity index (χ1n) is 7.15. The predicted molar refractivity (Wildman–Crippen MR) is 73.6 cm³/mol. The van der Waals surface area contributed by atoms with Gasteiger partial charge in [0.2, 0.25) is 0 Å². The number of fused-ring (bicyclic) bond motifs is 1. The highest BCUT2D eigenvalue weighted by Gasteiger charge is 2.46. The van der Waals surface area contributed by atoms with Crippen molar-refractivity contribution >= 4 is 10.0 Å². The van der Waals surface area contributed by atoms with Crippen LogP contribution in [0.3, 0.4) is 0 Å². The average molecular weight is 299 g/mol. The number of hydrogen-bond donors (Lipinski definition) is 1. The van der Waals surface area contributed by atoms with E-state index in [1.807, 2.05) is 18.4 Å². The maximum absolute atomic E-state index is 12.6. The topological polar surface area (TPSA) is 75.4 Å². The maximum Gasteiger partial charge on any atom is 0.262 e. The minimum absolute atomic E-state index is 0.0964. The van der Waals surface area contributed by atoms with Crippen molar-refractivity contribution in [2.24, 2.45) is 11.8 Å². The second-order valence-electron chi connectivity index (χ2n) is 5.80. The molecule has 1 saturated heterocycles. The van der Waals surface area contributed by atoms with Gasteiger partial charge in [-0.15, -0.1) is 0 Å². The molecule has 1 aliphatic heterocycles. The fourth-order valence-corrected chi connectivity index (χ4v) is 4.98.